The fraction of sp³-hybridized carbons (Fsp3) is 0.350. The summed E-state index contributed by atoms with van der Waals surface area (Å²) in [6.07, 6.45) is 1.43. The smallest absolute Gasteiger partial charge is 0.270 e. The zero-order valence-electron chi connectivity index (χ0n) is 18.3. The van der Waals surface area contributed by atoms with Crippen LogP contribution in [0.15, 0.2) is 40.3 Å². The minimum absolute atomic E-state index is 0.0933. The van der Waals surface area contributed by atoms with E-state index in [4.69, 9.17) is 18.9 Å². The van der Waals surface area contributed by atoms with Crippen LogP contribution in [0.3, 0.4) is 0 Å². The van der Waals surface area contributed by atoms with Crippen LogP contribution >= 0.6 is 0 Å². The standard InChI is InChI=1S/C20H24N4O8S/c1-29-17-10-14(11-18(30-2)20(17)31-3)13-21-22-16-5-4-15(24(25)26)12-19(16)33(27,28)23-6-8-32-9-7-23/h4-5,10-13,22H,6-9H2,1-3H3/b21-13-. The molecule has 1 saturated heterocycles. The van der Waals surface area contributed by atoms with Crippen molar-refractivity contribution in [2.24, 2.45) is 5.10 Å². The van der Waals surface area contributed by atoms with E-state index >= 15 is 0 Å². The van der Waals surface area contributed by atoms with Crippen molar-refractivity contribution < 1.29 is 32.3 Å². The molecule has 0 amide bonds. The molecular weight excluding hydrogens is 456 g/mol. The zero-order chi connectivity index (χ0) is 24.0. The second kappa shape index (κ2) is 10.5. The number of hydrogen-bond donors (Lipinski definition) is 1. The lowest BCUT2D eigenvalue weighted by Crippen LogP contribution is -2.40. The van der Waals surface area contributed by atoms with Crippen LogP contribution in [0.5, 0.6) is 17.2 Å². The van der Waals surface area contributed by atoms with E-state index < -0.39 is 14.9 Å². The van der Waals surface area contributed by atoms with Crippen LogP contribution < -0.4 is 19.6 Å². The van der Waals surface area contributed by atoms with Gasteiger partial charge in [-0.1, -0.05) is 0 Å². The third-order valence-electron chi connectivity index (χ3n) is 4.85. The Kier molecular flexibility index (Phi) is 7.68. The summed E-state index contributed by atoms with van der Waals surface area (Å²) in [6.45, 7) is 0.796. The summed E-state index contributed by atoms with van der Waals surface area (Å²) >= 11 is 0. The van der Waals surface area contributed by atoms with E-state index in [1.807, 2.05) is 0 Å². The van der Waals surface area contributed by atoms with Gasteiger partial charge in [-0.15, -0.1) is 0 Å². The SMILES string of the molecule is COc1cc(/C=N\Nc2ccc([N+](=O)[O-])cc2S(=O)(=O)N2CCOCC2)cc(OC)c1OC. The van der Waals surface area contributed by atoms with Crippen LogP contribution in [0, 0.1) is 10.1 Å². The summed E-state index contributed by atoms with van der Waals surface area (Å²) in [4.78, 5) is 10.3. The van der Waals surface area contributed by atoms with E-state index in [-0.39, 0.29) is 42.6 Å². The van der Waals surface area contributed by atoms with E-state index in [9.17, 15) is 18.5 Å². The summed E-state index contributed by atoms with van der Waals surface area (Å²) < 4.78 is 48.7. The molecule has 3 rings (SSSR count). The monoisotopic (exact) mass is 480 g/mol. The quantitative estimate of drug-likeness (QED) is 0.324. The van der Waals surface area contributed by atoms with Gasteiger partial charge in [0.15, 0.2) is 11.5 Å². The van der Waals surface area contributed by atoms with E-state index in [1.165, 1.54) is 44.0 Å². The molecule has 13 heteroatoms. The predicted molar refractivity (Wildman–Crippen MR) is 120 cm³/mol. The van der Waals surface area contributed by atoms with Gasteiger partial charge in [-0.3, -0.25) is 15.5 Å². The van der Waals surface area contributed by atoms with Gasteiger partial charge in [-0.2, -0.15) is 9.41 Å². The van der Waals surface area contributed by atoms with Crippen molar-refractivity contribution in [3.05, 3.63) is 46.0 Å². The number of methoxy groups -OCH3 is 3. The first-order valence-electron chi connectivity index (χ1n) is 9.77. The number of non-ortho nitro benzene ring substituents is 1. The van der Waals surface area contributed by atoms with Crippen molar-refractivity contribution in [1.82, 2.24) is 4.31 Å². The maximum Gasteiger partial charge on any atom is 0.270 e. The summed E-state index contributed by atoms with van der Waals surface area (Å²) in [5, 5.41) is 15.3. The lowest BCUT2D eigenvalue weighted by Gasteiger charge is -2.26. The van der Waals surface area contributed by atoms with E-state index in [0.717, 1.165) is 6.07 Å². The highest BCUT2D eigenvalue weighted by Crippen LogP contribution is 2.37. The number of anilines is 1. The summed E-state index contributed by atoms with van der Waals surface area (Å²) in [5.74, 6) is 1.26. The minimum Gasteiger partial charge on any atom is -0.493 e. The predicted octanol–water partition coefficient (Wildman–Crippen LogP) is 2.09. The van der Waals surface area contributed by atoms with Crippen LogP contribution in [0.25, 0.3) is 0 Å². The topological polar surface area (TPSA) is 142 Å². The number of benzene rings is 2. The number of nitro benzene ring substituents is 1. The molecule has 0 spiro atoms. The molecule has 33 heavy (non-hydrogen) atoms. The normalized spacial score (nSPS) is 14.8. The van der Waals surface area contributed by atoms with Crippen LogP contribution in [0.4, 0.5) is 11.4 Å². The number of morpholine rings is 1. The Morgan fingerprint density at radius 2 is 1.73 bits per heavy atom. The second-order valence-corrected chi connectivity index (χ2v) is 8.69. The first-order chi connectivity index (χ1) is 15.8. The Labute approximate surface area is 190 Å². The summed E-state index contributed by atoms with van der Waals surface area (Å²) in [5.41, 5.74) is 3.00. The highest BCUT2D eigenvalue weighted by atomic mass is 32.2. The van der Waals surface area contributed by atoms with E-state index in [0.29, 0.717) is 22.8 Å². The molecule has 1 aliphatic heterocycles. The number of rotatable bonds is 9. The molecule has 0 aliphatic carbocycles. The Hall–Kier alpha value is -3.42. The van der Waals surface area contributed by atoms with Crippen molar-refractivity contribution in [1.29, 1.82) is 0 Å². The Bertz CT molecular complexity index is 1120. The zero-order valence-corrected chi connectivity index (χ0v) is 19.1. The highest BCUT2D eigenvalue weighted by Gasteiger charge is 2.30. The highest BCUT2D eigenvalue weighted by molar-refractivity contribution is 7.89. The Morgan fingerprint density at radius 1 is 1.09 bits per heavy atom. The average Bonchev–Trinajstić information content (AvgIpc) is 2.83. The largest absolute Gasteiger partial charge is 0.493 e. The Balaban J connectivity index is 1.94. The van der Waals surface area contributed by atoms with Crippen LogP contribution in [0.2, 0.25) is 0 Å². The first kappa shape index (κ1) is 24.2. The average molecular weight is 480 g/mol. The molecule has 0 aromatic heterocycles. The minimum atomic E-state index is -4.02. The molecule has 0 radical (unpaired) electrons. The van der Waals surface area contributed by atoms with Gasteiger partial charge in [-0.25, -0.2) is 8.42 Å². The number of hydrogen-bond acceptors (Lipinski definition) is 10. The van der Waals surface area contributed by atoms with Gasteiger partial charge in [0, 0.05) is 30.8 Å². The van der Waals surface area contributed by atoms with Gasteiger partial charge in [0.2, 0.25) is 15.8 Å². The molecule has 1 heterocycles. The van der Waals surface area contributed by atoms with Crippen molar-refractivity contribution in [3.8, 4) is 17.2 Å². The number of nitrogens with one attached hydrogen (secondary N) is 1. The lowest BCUT2D eigenvalue weighted by atomic mass is 10.2. The molecule has 1 N–H and O–H groups in total. The maximum absolute atomic E-state index is 13.2. The molecule has 2 aromatic carbocycles. The van der Waals surface area contributed by atoms with Crippen molar-refractivity contribution in [2.75, 3.05) is 53.1 Å². The van der Waals surface area contributed by atoms with Crippen LogP contribution in [-0.2, 0) is 14.8 Å². The van der Waals surface area contributed by atoms with Gasteiger partial charge in [0.25, 0.3) is 5.69 Å². The number of nitrogens with zero attached hydrogens (tertiary/aromatic N) is 3. The molecular formula is C20H24N4O8S. The van der Waals surface area contributed by atoms with Gasteiger partial charge >= 0.3 is 0 Å². The van der Waals surface area contributed by atoms with Crippen molar-refractivity contribution >= 4 is 27.6 Å². The number of ether oxygens (including phenoxy) is 4. The van der Waals surface area contributed by atoms with Crippen LogP contribution in [0.1, 0.15) is 5.56 Å². The molecule has 0 saturated carbocycles. The lowest BCUT2D eigenvalue weighted by molar-refractivity contribution is -0.385. The van der Waals surface area contributed by atoms with Crippen LogP contribution in [-0.4, -0.2) is 71.5 Å². The third kappa shape index (κ3) is 5.32. The van der Waals surface area contributed by atoms with Gasteiger partial charge < -0.3 is 18.9 Å². The molecule has 178 valence electrons. The van der Waals surface area contributed by atoms with E-state index in [1.54, 1.807) is 12.1 Å². The number of hydrazone groups is 1. The van der Waals surface area contributed by atoms with Gasteiger partial charge in [0.05, 0.1) is 51.4 Å². The summed E-state index contributed by atoms with van der Waals surface area (Å²) in [6, 6.07) is 6.84. The van der Waals surface area contributed by atoms with Crippen molar-refractivity contribution in [2.45, 2.75) is 4.90 Å². The number of sulfonamides is 1. The fourth-order valence-electron chi connectivity index (χ4n) is 3.21. The van der Waals surface area contributed by atoms with Gasteiger partial charge in [0.1, 0.15) is 4.90 Å². The first-order valence-corrected chi connectivity index (χ1v) is 11.2. The Morgan fingerprint density at radius 3 is 2.27 bits per heavy atom. The molecule has 0 bridgehead atoms. The molecule has 2 aromatic rings. The molecule has 1 aliphatic rings. The number of nitro groups is 1. The van der Waals surface area contributed by atoms with E-state index in [2.05, 4.69) is 10.5 Å². The molecule has 12 nitrogen and oxygen atoms in total. The summed E-state index contributed by atoms with van der Waals surface area (Å²) in [7, 11) is 0.433. The third-order valence-corrected chi connectivity index (χ3v) is 6.79. The van der Waals surface area contributed by atoms with Crippen molar-refractivity contribution in [3.63, 3.8) is 0 Å². The molecule has 0 unspecified atom stereocenters. The molecule has 0 atom stereocenters. The molecule has 1 fully saturated rings. The maximum atomic E-state index is 13.2. The second-order valence-electron chi connectivity index (χ2n) is 6.78. The van der Waals surface area contributed by atoms with Gasteiger partial charge in [-0.05, 0) is 18.2 Å². The fourth-order valence-corrected chi connectivity index (χ4v) is 4.78.